The number of benzene rings is 1. The zero-order valence-corrected chi connectivity index (χ0v) is 11.9. The van der Waals surface area contributed by atoms with Crippen LogP contribution in [0.5, 0.6) is 5.75 Å². The van der Waals surface area contributed by atoms with E-state index in [4.69, 9.17) is 21.3 Å². The highest BCUT2D eigenvalue weighted by atomic mass is 16.5. The van der Waals surface area contributed by atoms with Crippen molar-refractivity contribution < 1.29 is 19.4 Å². The van der Waals surface area contributed by atoms with E-state index in [-0.39, 0.29) is 12.5 Å². The largest absolute Gasteiger partial charge is 0.494 e. The van der Waals surface area contributed by atoms with Gasteiger partial charge in [0, 0.05) is 6.04 Å². The lowest BCUT2D eigenvalue weighted by atomic mass is 10.00. The van der Waals surface area contributed by atoms with E-state index in [1.165, 1.54) is 0 Å². The zero-order valence-electron chi connectivity index (χ0n) is 11.9. The summed E-state index contributed by atoms with van der Waals surface area (Å²) in [6, 6.07) is 6.08. The van der Waals surface area contributed by atoms with Crippen LogP contribution in [0.25, 0.3) is 0 Å². The molecule has 6 N–H and O–H groups in total. The van der Waals surface area contributed by atoms with Gasteiger partial charge in [-0.3, -0.25) is 4.79 Å². The Labute approximate surface area is 123 Å². The fraction of sp³-hybridized carbons (Fsp3) is 0.429. The summed E-state index contributed by atoms with van der Waals surface area (Å²) in [5, 5.41) is 10.7. The van der Waals surface area contributed by atoms with Crippen LogP contribution in [-0.4, -0.2) is 35.8 Å². The Morgan fingerprint density at radius 3 is 2.43 bits per heavy atom. The Kier molecular flexibility index (Phi) is 6.48. The Hall–Kier alpha value is -2.28. The molecule has 116 valence electrons. The van der Waals surface area contributed by atoms with Crippen LogP contribution in [0.4, 0.5) is 4.79 Å². The number of nitrogens with one attached hydrogen (secondary N) is 1. The molecule has 0 aliphatic rings. The average Bonchev–Trinajstić information content (AvgIpc) is 2.40. The van der Waals surface area contributed by atoms with Gasteiger partial charge in [-0.25, -0.2) is 4.79 Å². The zero-order chi connectivity index (χ0) is 15.8. The molecule has 21 heavy (non-hydrogen) atoms. The van der Waals surface area contributed by atoms with Crippen LogP contribution in [0.1, 0.15) is 18.9 Å². The van der Waals surface area contributed by atoms with Gasteiger partial charge >= 0.3 is 6.09 Å². The second-order valence-electron chi connectivity index (χ2n) is 4.68. The number of carbonyl (C=O) groups excluding carboxylic acids is 1. The number of primary amides is 1. The van der Waals surface area contributed by atoms with Crippen molar-refractivity contribution in [2.45, 2.75) is 31.8 Å². The standard InChI is InChI=1S/C14H21N3O4/c1-2-21-11-5-3-9(4-6-11)7-10(15)8-12(13(16)18)17-14(19)20/h3-6,10,12,17H,2,7-8,15H2,1H3,(H2,16,18)(H,19,20)/t10-,12?/m1/s1. The van der Waals surface area contributed by atoms with Gasteiger partial charge in [-0.05, 0) is 37.5 Å². The summed E-state index contributed by atoms with van der Waals surface area (Å²) in [6.45, 7) is 2.50. The number of hydrogen-bond donors (Lipinski definition) is 4. The number of carbonyl (C=O) groups is 2. The van der Waals surface area contributed by atoms with Crippen molar-refractivity contribution in [3.8, 4) is 5.75 Å². The van der Waals surface area contributed by atoms with Gasteiger partial charge in [-0.15, -0.1) is 0 Å². The third-order valence-corrected chi connectivity index (χ3v) is 2.91. The third kappa shape index (κ3) is 6.13. The number of nitrogens with two attached hydrogens (primary N) is 2. The molecule has 0 heterocycles. The highest BCUT2D eigenvalue weighted by Crippen LogP contribution is 2.14. The normalized spacial score (nSPS) is 13.2. The molecule has 0 radical (unpaired) electrons. The van der Waals surface area contributed by atoms with Crippen molar-refractivity contribution in [1.29, 1.82) is 0 Å². The third-order valence-electron chi connectivity index (χ3n) is 2.91. The maximum atomic E-state index is 11.2. The molecule has 1 aromatic carbocycles. The topological polar surface area (TPSA) is 128 Å². The van der Waals surface area contributed by atoms with Crippen molar-refractivity contribution in [3.05, 3.63) is 29.8 Å². The van der Waals surface area contributed by atoms with E-state index in [2.05, 4.69) is 5.32 Å². The number of hydrogen-bond acceptors (Lipinski definition) is 4. The highest BCUT2D eigenvalue weighted by molar-refractivity contribution is 5.83. The molecule has 1 unspecified atom stereocenters. The lowest BCUT2D eigenvalue weighted by Gasteiger charge is -2.18. The van der Waals surface area contributed by atoms with Crippen molar-refractivity contribution in [1.82, 2.24) is 5.32 Å². The Morgan fingerprint density at radius 2 is 1.95 bits per heavy atom. The van der Waals surface area contributed by atoms with E-state index >= 15 is 0 Å². The minimum absolute atomic E-state index is 0.148. The van der Waals surface area contributed by atoms with E-state index in [0.29, 0.717) is 13.0 Å². The minimum atomic E-state index is -1.30. The monoisotopic (exact) mass is 295 g/mol. The van der Waals surface area contributed by atoms with Crippen LogP contribution in [0.2, 0.25) is 0 Å². The first kappa shape index (κ1) is 16.8. The molecule has 0 fully saturated rings. The number of rotatable bonds is 8. The van der Waals surface area contributed by atoms with Gasteiger partial charge in [-0.2, -0.15) is 0 Å². The molecule has 7 heteroatoms. The smallest absolute Gasteiger partial charge is 0.405 e. The van der Waals surface area contributed by atoms with E-state index in [1.807, 2.05) is 31.2 Å². The maximum Gasteiger partial charge on any atom is 0.405 e. The molecular weight excluding hydrogens is 274 g/mol. The van der Waals surface area contributed by atoms with Crippen LogP contribution in [0.3, 0.4) is 0 Å². The lowest BCUT2D eigenvalue weighted by Crippen LogP contribution is -2.47. The van der Waals surface area contributed by atoms with Crippen molar-refractivity contribution in [2.24, 2.45) is 11.5 Å². The second kappa shape index (κ2) is 8.11. The lowest BCUT2D eigenvalue weighted by molar-refractivity contribution is -0.120. The second-order valence-corrected chi connectivity index (χ2v) is 4.68. The highest BCUT2D eigenvalue weighted by Gasteiger charge is 2.20. The summed E-state index contributed by atoms with van der Waals surface area (Å²) in [5.41, 5.74) is 12.1. The summed E-state index contributed by atoms with van der Waals surface area (Å²) < 4.78 is 5.34. The molecule has 0 aromatic heterocycles. The molecule has 2 atom stereocenters. The van der Waals surface area contributed by atoms with Gasteiger partial charge in [0.2, 0.25) is 5.91 Å². The molecule has 0 spiro atoms. The molecule has 0 saturated carbocycles. The molecule has 7 nitrogen and oxygen atoms in total. The van der Waals surface area contributed by atoms with E-state index in [9.17, 15) is 9.59 Å². The van der Waals surface area contributed by atoms with Crippen LogP contribution in [0, 0.1) is 0 Å². The van der Waals surface area contributed by atoms with Gasteiger partial charge in [-0.1, -0.05) is 12.1 Å². The number of amides is 2. The fourth-order valence-corrected chi connectivity index (χ4v) is 1.97. The fourth-order valence-electron chi connectivity index (χ4n) is 1.97. The summed E-state index contributed by atoms with van der Waals surface area (Å²) in [7, 11) is 0. The van der Waals surface area contributed by atoms with Gasteiger partial charge in [0.25, 0.3) is 0 Å². The first-order chi connectivity index (χ1) is 9.92. The summed E-state index contributed by atoms with van der Waals surface area (Å²) in [5.74, 6) is 0.0388. The van der Waals surface area contributed by atoms with Gasteiger partial charge in [0.1, 0.15) is 11.8 Å². The number of carboxylic acid groups (broad SMARTS) is 1. The molecule has 0 bridgehead atoms. The molecule has 0 saturated heterocycles. The Balaban J connectivity index is 2.56. The quantitative estimate of drug-likeness (QED) is 0.554. The van der Waals surface area contributed by atoms with Crippen LogP contribution >= 0.6 is 0 Å². The Morgan fingerprint density at radius 1 is 1.33 bits per heavy atom. The number of ether oxygens (including phenoxy) is 1. The van der Waals surface area contributed by atoms with Crippen molar-refractivity contribution >= 4 is 12.0 Å². The molecular formula is C14H21N3O4. The van der Waals surface area contributed by atoms with Gasteiger partial charge < -0.3 is 26.6 Å². The first-order valence-corrected chi connectivity index (χ1v) is 6.68. The maximum absolute atomic E-state index is 11.2. The molecule has 2 amide bonds. The molecule has 1 aromatic rings. The van der Waals surface area contributed by atoms with Crippen LogP contribution < -0.4 is 21.5 Å². The first-order valence-electron chi connectivity index (χ1n) is 6.68. The predicted molar refractivity (Wildman–Crippen MR) is 78.1 cm³/mol. The average molecular weight is 295 g/mol. The van der Waals surface area contributed by atoms with E-state index in [1.54, 1.807) is 0 Å². The van der Waals surface area contributed by atoms with Crippen LogP contribution in [0.15, 0.2) is 24.3 Å². The summed E-state index contributed by atoms with van der Waals surface area (Å²) in [4.78, 5) is 21.7. The molecule has 0 aliphatic heterocycles. The Bertz CT molecular complexity index is 476. The summed E-state index contributed by atoms with van der Waals surface area (Å²) >= 11 is 0. The van der Waals surface area contributed by atoms with Crippen molar-refractivity contribution in [2.75, 3.05) is 6.61 Å². The molecule has 0 aliphatic carbocycles. The predicted octanol–water partition coefficient (Wildman–Crippen LogP) is 0.467. The summed E-state index contributed by atoms with van der Waals surface area (Å²) in [6.07, 6.45) is -0.640. The van der Waals surface area contributed by atoms with Crippen molar-refractivity contribution in [3.63, 3.8) is 0 Å². The van der Waals surface area contributed by atoms with E-state index in [0.717, 1.165) is 11.3 Å². The van der Waals surface area contributed by atoms with Gasteiger partial charge in [0.15, 0.2) is 0 Å². The van der Waals surface area contributed by atoms with Gasteiger partial charge in [0.05, 0.1) is 6.61 Å². The minimum Gasteiger partial charge on any atom is -0.494 e. The van der Waals surface area contributed by atoms with Crippen LogP contribution in [-0.2, 0) is 11.2 Å². The van der Waals surface area contributed by atoms with E-state index < -0.39 is 18.0 Å². The SMILES string of the molecule is CCOc1ccc(C[C@@H](N)CC(NC(=O)O)C(N)=O)cc1. The molecule has 1 rings (SSSR count).